The van der Waals surface area contributed by atoms with E-state index in [2.05, 4.69) is 4.43 Å². The van der Waals surface area contributed by atoms with Gasteiger partial charge in [-0.15, -0.1) is 0 Å². The first-order valence-electron chi connectivity index (χ1n) is 3.80. The van der Waals surface area contributed by atoms with Gasteiger partial charge in [-0.25, -0.2) is 4.79 Å². The highest BCUT2D eigenvalue weighted by Gasteiger charge is 2.40. The SMILES string of the molecule is CCC(F)(F)C(=O)O[Si](C)(C)C. The number of carbonyl (C=O) groups is 1. The summed E-state index contributed by atoms with van der Waals surface area (Å²) in [7, 11) is -2.18. The van der Waals surface area contributed by atoms with Gasteiger partial charge in [-0.05, 0) is 19.6 Å². The first-order valence-corrected chi connectivity index (χ1v) is 7.21. The summed E-state index contributed by atoms with van der Waals surface area (Å²) in [4.78, 5) is 10.8. The van der Waals surface area contributed by atoms with Crippen LogP contribution in [0.4, 0.5) is 8.78 Å². The molecule has 0 rings (SSSR count). The minimum Gasteiger partial charge on any atom is -0.516 e. The van der Waals surface area contributed by atoms with E-state index < -0.39 is 26.6 Å². The standard InChI is InChI=1S/C7H14F2O2Si/c1-5-7(8,9)6(10)11-12(2,3)4/h5H2,1-4H3. The second kappa shape index (κ2) is 3.51. The third-order valence-electron chi connectivity index (χ3n) is 1.14. The van der Waals surface area contributed by atoms with E-state index in [1.165, 1.54) is 6.92 Å². The molecule has 0 bridgehead atoms. The summed E-state index contributed by atoms with van der Waals surface area (Å²) in [5.74, 6) is -4.70. The minimum absolute atomic E-state index is 0.504. The Balaban J connectivity index is 4.23. The second-order valence-electron chi connectivity index (χ2n) is 3.56. The van der Waals surface area contributed by atoms with Gasteiger partial charge in [0.1, 0.15) is 0 Å². The highest BCUT2D eigenvalue weighted by Crippen LogP contribution is 2.21. The molecule has 0 N–H and O–H groups in total. The van der Waals surface area contributed by atoms with Crippen LogP contribution in [-0.2, 0) is 9.22 Å². The van der Waals surface area contributed by atoms with Gasteiger partial charge in [0.25, 0.3) is 0 Å². The van der Waals surface area contributed by atoms with Gasteiger partial charge in [0.15, 0.2) is 0 Å². The highest BCUT2D eigenvalue weighted by molar-refractivity contribution is 6.71. The van der Waals surface area contributed by atoms with Crippen molar-refractivity contribution in [2.24, 2.45) is 0 Å². The predicted octanol–water partition coefficient (Wildman–Crippen LogP) is 2.41. The lowest BCUT2D eigenvalue weighted by Crippen LogP contribution is -2.38. The summed E-state index contributed by atoms with van der Waals surface area (Å²) >= 11 is 0. The van der Waals surface area contributed by atoms with Crippen LogP contribution in [0.2, 0.25) is 19.6 Å². The molecule has 0 radical (unpaired) electrons. The molecule has 0 atom stereocenters. The molecule has 2 nitrogen and oxygen atoms in total. The van der Waals surface area contributed by atoms with E-state index in [9.17, 15) is 13.6 Å². The van der Waals surface area contributed by atoms with Gasteiger partial charge in [0.2, 0.25) is 8.32 Å². The van der Waals surface area contributed by atoms with Crippen molar-refractivity contribution in [3.63, 3.8) is 0 Å². The van der Waals surface area contributed by atoms with E-state index in [1.807, 2.05) is 0 Å². The number of carbonyl (C=O) groups excluding carboxylic acids is 1. The third-order valence-corrected chi connectivity index (χ3v) is 1.94. The van der Waals surface area contributed by atoms with Gasteiger partial charge in [-0.2, -0.15) is 8.78 Å². The van der Waals surface area contributed by atoms with E-state index in [-0.39, 0.29) is 0 Å². The van der Waals surface area contributed by atoms with Crippen molar-refractivity contribution in [1.29, 1.82) is 0 Å². The Morgan fingerprint density at radius 3 is 2.08 bits per heavy atom. The Hall–Kier alpha value is -0.453. The zero-order valence-electron chi connectivity index (χ0n) is 7.78. The van der Waals surface area contributed by atoms with Crippen molar-refractivity contribution in [3.8, 4) is 0 Å². The van der Waals surface area contributed by atoms with Crippen LogP contribution < -0.4 is 0 Å². The molecule has 0 aliphatic heterocycles. The smallest absolute Gasteiger partial charge is 0.363 e. The minimum atomic E-state index is -3.32. The molecule has 0 fully saturated rings. The summed E-state index contributed by atoms with van der Waals surface area (Å²) in [6, 6.07) is 0. The van der Waals surface area contributed by atoms with Crippen molar-refractivity contribution < 1.29 is 18.0 Å². The first-order chi connectivity index (χ1) is 5.19. The number of hydrogen-bond acceptors (Lipinski definition) is 2. The van der Waals surface area contributed by atoms with Crippen molar-refractivity contribution in [3.05, 3.63) is 0 Å². The van der Waals surface area contributed by atoms with Crippen molar-refractivity contribution in [2.75, 3.05) is 0 Å². The fourth-order valence-corrected chi connectivity index (χ4v) is 1.20. The topological polar surface area (TPSA) is 26.3 Å². The molecular weight excluding hydrogens is 182 g/mol. The van der Waals surface area contributed by atoms with Crippen LogP contribution in [0.5, 0.6) is 0 Å². The average Bonchev–Trinajstić information content (AvgIpc) is 1.84. The van der Waals surface area contributed by atoms with Crippen LogP contribution in [0, 0.1) is 0 Å². The van der Waals surface area contributed by atoms with Gasteiger partial charge in [0.05, 0.1) is 0 Å². The van der Waals surface area contributed by atoms with E-state index in [1.54, 1.807) is 19.6 Å². The molecule has 5 heteroatoms. The maximum Gasteiger partial charge on any atom is 0.363 e. The molecule has 0 heterocycles. The summed E-state index contributed by atoms with van der Waals surface area (Å²) < 4.78 is 29.9. The molecule has 0 aliphatic carbocycles. The molecule has 0 aromatic rings. The van der Waals surface area contributed by atoms with Crippen LogP contribution in [0.3, 0.4) is 0 Å². The molecule has 0 aromatic carbocycles. The lowest BCUT2D eigenvalue weighted by Gasteiger charge is -2.21. The molecule has 72 valence electrons. The number of alkyl halides is 2. The summed E-state index contributed by atoms with van der Waals surface area (Å²) in [6.07, 6.45) is -0.504. The van der Waals surface area contributed by atoms with Gasteiger partial charge in [0, 0.05) is 6.42 Å². The van der Waals surface area contributed by atoms with Crippen LogP contribution in [0.1, 0.15) is 13.3 Å². The molecule has 12 heavy (non-hydrogen) atoms. The van der Waals surface area contributed by atoms with Gasteiger partial charge < -0.3 is 4.43 Å². The van der Waals surface area contributed by atoms with Crippen LogP contribution in [0.15, 0.2) is 0 Å². The maximum absolute atomic E-state index is 12.6. The van der Waals surface area contributed by atoms with Crippen molar-refractivity contribution in [1.82, 2.24) is 0 Å². The van der Waals surface area contributed by atoms with E-state index >= 15 is 0 Å². The predicted molar refractivity (Wildman–Crippen MR) is 44.7 cm³/mol. The van der Waals surface area contributed by atoms with E-state index in [4.69, 9.17) is 0 Å². The summed E-state index contributed by atoms with van der Waals surface area (Å²) in [6.45, 7) is 6.33. The zero-order valence-corrected chi connectivity index (χ0v) is 8.78. The normalized spacial score (nSPS) is 12.8. The Labute approximate surface area is 72.0 Å². The average molecular weight is 196 g/mol. The second-order valence-corrected chi connectivity index (χ2v) is 7.99. The molecular formula is C7H14F2O2Si. The zero-order chi connectivity index (χ0) is 9.99. The largest absolute Gasteiger partial charge is 0.516 e. The van der Waals surface area contributed by atoms with Crippen LogP contribution in [0.25, 0.3) is 0 Å². The lowest BCUT2D eigenvalue weighted by atomic mass is 10.3. The fourth-order valence-electron chi connectivity index (χ4n) is 0.497. The highest BCUT2D eigenvalue weighted by atomic mass is 28.4. The van der Waals surface area contributed by atoms with E-state index in [0.29, 0.717) is 0 Å². The number of halogens is 2. The van der Waals surface area contributed by atoms with Gasteiger partial charge >= 0.3 is 11.9 Å². The molecule has 0 spiro atoms. The van der Waals surface area contributed by atoms with Crippen molar-refractivity contribution >= 4 is 14.3 Å². The molecule has 0 saturated carbocycles. The lowest BCUT2D eigenvalue weighted by molar-refractivity contribution is -0.162. The Kier molecular flexibility index (Phi) is 3.38. The quantitative estimate of drug-likeness (QED) is 0.648. The molecule has 0 saturated heterocycles. The number of hydrogen-bond donors (Lipinski definition) is 0. The Morgan fingerprint density at radius 2 is 1.83 bits per heavy atom. The maximum atomic E-state index is 12.6. The van der Waals surface area contributed by atoms with Crippen molar-refractivity contribution in [2.45, 2.75) is 38.9 Å². The molecule has 0 amide bonds. The van der Waals surface area contributed by atoms with Crippen LogP contribution >= 0.6 is 0 Å². The molecule has 0 aromatic heterocycles. The Bertz CT molecular complexity index is 175. The monoisotopic (exact) mass is 196 g/mol. The fraction of sp³-hybridized carbons (Fsp3) is 0.857. The van der Waals surface area contributed by atoms with Crippen LogP contribution in [-0.4, -0.2) is 20.2 Å². The molecule has 0 aliphatic rings. The van der Waals surface area contributed by atoms with E-state index in [0.717, 1.165) is 0 Å². The molecule has 0 unspecified atom stereocenters. The van der Waals surface area contributed by atoms with Gasteiger partial charge in [-0.1, -0.05) is 6.92 Å². The summed E-state index contributed by atoms with van der Waals surface area (Å²) in [5.41, 5.74) is 0. The number of rotatable bonds is 3. The summed E-state index contributed by atoms with van der Waals surface area (Å²) in [5, 5.41) is 0. The third kappa shape index (κ3) is 3.80. The first kappa shape index (κ1) is 11.5. The van der Waals surface area contributed by atoms with Gasteiger partial charge in [-0.3, -0.25) is 0 Å². The Morgan fingerprint density at radius 1 is 1.42 bits per heavy atom.